The average Bonchev–Trinajstić information content (AvgIpc) is 2.53. The number of alkyl halides is 2. The van der Waals surface area contributed by atoms with Crippen LogP contribution in [0.1, 0.15) is 24.8 Å². The number of hydrogen-bond acceptors (Lipinski definition) is 5. The van der Waals surface area contributed by atoms with Crippen LogP contribution >= 0.6 is 15.9 Å². The number of rotatable bonds is 0. The van der Waals surface area contributed by atoms with Gasteiger partial charge >= 0.3 is 5.92 Å². The highest BCUT2D eigenvalue weighted by atomic mass is 79.9. The summed E-state index contributed by atoms with van der Waals surface area (Å²) in [4.78, 5) is 3.60. The second-order valence-electron chi connectivity index (χ2n) is 6.55. The van der Waals surface area contributed by atoms with Crippen molar-refractivity contribution in [3.63, 3.8) is 0 Å². The Morgan fingerprint density at radius 1 is 1.25 bits per heavy atom. The van der Waals surface area contributed by atoms with Gasteiger partial charge in [-0.2, -0.15) is 8.78 Å². The molecule has 3 aliphatic rings. The Morgan fingerprint density at radius 3 is 2.83 bits per heavy atom. The molecule has 8 heteroatoms. The molecule has 5 nitrogen and oxygen atoms in total. The van der Waals surface area contributed by atoms with Gasteiger partial charge in [0, 0.05) is 23.1 Å². The van der Waals surface area contributed by atoms with Crippen LogP contribution in [0.25, 0.3) is 0 Å². The molecular weight excluding hydrogens is 386 g/mol. The molecule has 0 bridgehead atoms. The Bertz CT molecular complexity index is 707. The summed E-state index contributed by atoms with van der Waals surface area (Å²) in [5.74, 6) is -2.83. The van der Waals surface area contributed by atoms with Crippen molar-refractivity contribution in [1.29, 1.82) is 0 Å². The summed E-state index contributed by atoms with van der Waals surface area (Å²) < 4.78 is 48.0. The minimum absolute atomic E-state index is 0.0350. The quantitative estimate of drug-likeness (QED) is 0.724. The predicted octanol–water partition coefficient (Wildman–Crippen LogP) is 2.96. The van der Waals surface area contributed by atoms with E-state index in [2.05, 4.69) is 20.9 Å². The second-order valence-corrected chi connectivity index (χ2v) is 7.46. The zero-order chi connectivity index (χ0) is 17.0. The van der Waals surface area contributed by atoms with Crippen molar-refractivity contribution >= 4 is 22.0 Å². The van der Waals surface area contributed by atoms with Gasteiger partial charge in [-0.25, -0.2) is 4.99 Å². The van der Waals surface area contributed by atoms with Gasteiger partial charge in [-0.3, -0.25) is 0 Å². The molecule has 1 aromatic carbocycles. The van der Waals surface area contributed by atoms with Gasteiger partial charge in [0.25, 0.3) is 6.02 Å². The van der Waals surface area contributed by atoms with Gasteiger partial charge in [0.05, 0.1) is 6.61 Å². The highest BCUT2D eigenvalue weighted by molar-refractivity contribution is 9.10. The SMILES string of the molecule is NC1=NCC(F)(F)[C@]2(C[C@]3(CCCOC3)Oc3ccc(Br)cc32)O1. The molecule has 0 radical (unpaired) electrons. The lowest BCUT2D eigenvalue weighted by Gasteiger charge is -2.52. The number of aliphatic imine (C=N–C) groups is 1. The minimum atomic E-state index is -3.21. The maximum atomic E-state index is 15.1. The van der Waals surface area contributed by atoms with Crippen LogP contribution in [0.15, 0.2) is 27.7 Å². The largest absolute Gasteiger partial charge is 0.484 e. The summed E-state index contributed by atoms with van der Waals surface area (Å²) in [7, 11) is 0. The van der Waals surface area contributed by atoms with Crippen molar-refractivity contribution in [2.45, 2.75) is 36.4 Å². The molecular formula is C16H17BrF2N2O3. The number of ether oxygens (including phenoxy) is 3. The van der Waals surface area contributed by atoms with Crippen LogP contribution in [0.2, 0.25) is 0 Å². The molecule has 2 N–H and O–H groups in total. The molecule has 130 valence electrons. The topological polar surface area (TPSA) is 66.1 Å². The van der Waals surface area contributed by atoms with E-state index in [4.69, 9.17) is 19.9 Å². The first-order valence-electron chi connectivity index (χ1n) is 7.80. The first-order valence-corrected chi connectivity index (χ1v) is 8.59. The highest BCUT2D eigenvalue weighted by Crippen LogP contribution is 2.56. The van der Waals surface area contributed by atoms with Gasteiger partial charge < -0.3 is 19.9 Å². The molecule has 1 aromatic rings. The lowest BCUT2D eigenvalue weighted by Crippen LogP contribution is -2.63. The van der Waals surface area contributed by atoms with E-state index in [1.165, 1.54) is 0 Å². The number of amidine groups is 1. The second kappa shape index (κ2) is 5.29. The standard InChI is InChI=1S/C16H17BrF2N2O3/c17-10-2-3-12-11(6-10)15(16(18,19)8-21-13(20)24-15)7-14(23-12)4-1-5-22-9-14/h2-3,6H,1,4-5,7-9H2,(H2,20,21)/t14-,15+/m0/s1. The Kier molecular flexibility index (Phi) is 3.55. The third-order valence-electron chi connectivity index (χ3n) is 4.86. The number of nitrogens with two attached hydrogens (primary N) is 1. The Labute approximate surface area is 146 Å². The summed E-state index contributed by atoms with van der Waals surface area (Å²) in [5, 5.41) is 0. The van der Waals surface area contributed by atoms with E-state index in [1.807, 2.05) is 0 Å². The third kappa shape index (κ3) is 2.30. The smallest absolute Gasteiger partial charge is 0.310 e. The van der Waals surface area contributed by atoms with Crippen LogP contribution in [0.4, 0.5) is 8.78 Å². The monoisotopic (exact) mass is 402 g/mol. The molecule has 24 heavy (non-hydrogen) atoms. The van der Waals surface area contributed by atoms with Crippen molar-refractivity contribution in [2.24, 2.45) is 10.7 Å². The molecule has 3 aliphatic heterocycles. The fourth-order valence-electron chi connectivity index (χ4n) is 3.78. The van der Waals surface area contributed by atoms with E-state index in [0.29, 0.717) is 23.2 Å². The highest BCUT2D eigenvalue weighted by Gasteiger charge is 2.66. The zero-order valence-electron chi connectivity index (χ0n) is 12.9. The summed E-state index contributed by atoms with van der Waals surface area (Å²) in [6.45, 7) is 0.147. The van der Waals surface area contributed by atoms with Gasteiger partial charge in [-0.1, -0.05) is 15.9 Å². The van der Waals surface area contributed by atoms with Crippen LogP contribution in [0, 0.1) is 0 Å². The molecule has 1 saturated heterocycles. The van der Waals surface area contributed by atoms with E-state index < -0.39 is 23.7 Å². The normalized spacial score (nSPS) is 34.2. The van der Waals surface area contributed by atoms with Gasteiger partial charge in [0.2, 0.25) is 5.60 Å². The molecule has 2 spiro atoms. The fourth-order valence-corrected chi connectivity index (χ4v) is 4.14. The van der Waals surface area contributed by atoms with E-state index in [1.54, 1.807) is 18.2 Å². The maximum absolute atomic E-state index is 15.1. The Balaban J connectivity index is 1.91. The van der Waals surface area contributed by atoms with Crippen LogP contribution in [0.5, 0.6) is 5.75 Å². The van der Waals surface area contributed by atoms with Crippen molar-refractivity contribution < 1.29 is 23.0 Å². The summed E-state index contributed by atoms with van der Waals surface area (Å²) in [6.07, 6.45) is 1.34. The minimum Gasteiger partial charge on any atom is -0.484 e. The van der Waals surface area contributed by atoms with Gasteiger partial charge in [0.1, 0.15) is 17.9 Å². The van der Waals surface area contributed by atoms with E-state index >= 15 is 8.78 Å². The number of benzene rings is 1. The van der Waals surface area contributed by atoms with Crippen LogP contribution in [-0.2, 0) is 15.1 Å². The molecule has 1 fully saturated rings. The van der Waals surface area contributed by atoms with Crippen molar-refractivity contribution in [2.75, 3.05) is 19.8 Å². The van der Waals surface area contributed by atoms with Crippen molar-refractivity contribution in [3.8, 4) is 5.75 Å². The first kappa shape index (κ1) is 16.1. The average molecular weight is 403 g/mol. The Morgan fingerprint density at radius 2 is 2.08 bits per heavy atom. The summed E-state index contributed by atoms with van der Waals surface area (Å²) in [5.41, 5.74) is 3.22. The van der Waals surface area contributed by atoms with Crippen LogP contribution in [0.3, 0.4) is 0 Å². The maximum Gasteiger partial charge on any atom is 0.310 e. The molecule has 0 unspecified atom stereocenters. The van der Waals surface area contributed by atoms with Crippen LogP contribution in [-0.4, -0.2) is 37.3 Å². The molecule has 3 heterocycles. The molecule has 4 rings (SSSR count). The van der Waals surface area contributed by atoms with Gasteiger partial charge in [-0.15, -0.1) is 0 Å². The summed E-state index contributed by atoms with van der Waals surface area (Å²) >= 11 is 3.34. The fraction of sp³-hybridized carbons (Fsp3) is 0.562. The van der Waals surface area contributed by atoms with Gasteiger partial charge in [0.15, 0.2) is 0 Å². The number of hydrogen-bond donors (Lipinski definition) is 1. The predicted molar refractivity (Wildman–Crippen MR) is 86.4 cm³/mol. The van der Waals surface area contributed by atoms with Gasteiger partial charge in [-0.05, 0) is 31.0 Å². The van der Waals surface area contributed by atoms with Crippen LogP contribution < -0.4 is 10.5 Å². The Hall–Kier alpha value is -1.41. The lowest BCUT2D eigenvalue weighted by molar-refractivity contribution is -0.227. The van der Waals surface area contributed by atoms with Crippen molar-refractivity contribution in [1.82, 2.24) is 0 Å². The molecule has 2 atom stereocenters. The molecule has 0 amide bonds. The van der Waals surface area contributed by atoms with E-state index in [-0.39, 0.29) is 24.6 Å². The number of halogens is 3. The summed E-state index contributed by atoms with van der Waals surface area (Å²) in [6, 6.07) is 4.82. The first-order chi connectivity index (χ1) is 11.4. The number of nitrogens with zero attached hydrogens (tertiary/aromatic N) is 1. The molecule has 0 saturated carbocycles. The van der Waals surface area contributed by atoms with Crippen molar-refractivity contribution in [3.05, 3.63) is 28.2 Å². The molecule has 0 aromatic heterocycles. The molecule has 0 aliphatic carbocycles. The zero-order valence-corrected chi connectivity index (χ0v) is 14.4. The lowest BCUT2D eigenvalue weighted by atomic mass is 9.72. The van der Waals surface area contributed by atoms with E-state index in [9.17, 15) is 0 Å². The van der Waals surface area contributed by atoms with E-state index in [0.717, 1.165) is 6.42 Å². The third-order valence-corrected chi connectivity index (χ3v) is 5.36. The number of fused-ring (bicyclic) bond motifs is 2.